The maximum absolute atomic E-state index is 12.9. The van der Waals surface area contributed by atoms with Gasteiger partial charge in [0.2, 0.25) is 5.88 Å². The third-order valence-corrected chi connectivity index (χ3v) is 5.11. The molecule has 3 aromatic rings. The Labute approximate surface area is 168 Å². The van der Waals surface area contributed by atoms with Crippen LogP contribution in [0.2, 0.25) is 0 Å². The number of hydrogen-bond donors (Lipinski definition) is 0. The summed E-state index contributed by atoms with van der Waals surface area (Å²) in [4.78, 5) is 29.2. The SMILES string of the molecule is O=C(c1ccc(Oc2ccccc2Br)nc1)N1CCc2ccc([N+](=O)[O-])cc21. The van der Waals surface area contributed by atoms with Crippen molar-refractivity contribution in [3.8, 4) is 11.6 Å². The molecule has 28 heavy (non-hydrogen) atoms. The normalized spacial score (nSPS) is 12.5. The molecule has 0 atom stereocenters. The molecule has 1 amide bonds. The molecular weight excluding hydrogens is 426 g/mol. The van der Waals surface area contributed by atoms with Crippen LogP contribution < -0.4 is 9.64 Å². The topological polar surface area (TPSA) is 85.6 Å². The molecule has 140 valence electrons. The van der Waals surface area contributed by atoms with Crippen LogP contribution in [0.1, 0.15) is 15.9 Å². The number of rotatable bonds is 4. The average molecular weight is 440 g/mol. The van der Waals surface area contributed by atoms with E-state index in [1.165, 1.54) is 18.3 Å². The number of benzene rings is 2. The van der Waals surface area contributed by atoms with Crippen molar-refractivity contribution in [2.24, 2.45) is 0 Å². The number of amides is 1. The van der Waals surface area contributed by atoms with Gasteiger partial charge in [0.05, 0.1) is 20.6 Å². The van der Waals surface area contributed by atoms with Crippen LogP contribution in [0.15, 0.2) is 65.3 Å². The lowest BCUT2D eigenvalue weighted by atomic mass is 10.1. The number of ether oxygens (including phenoxy) is 1. The molecule has 0 aliphatic carbocycles. The van der Waals surface area contributed by atoms with Crippen molar-refractivity contribution in [2.45, 2.75) is 6.42 Å². The molecule has 1 aliphatic rings. The Morgan fingerprint density at radius 2 is 2.00 bits per heavy atom. The molecule has 0 saturated carbocycles. The summed E-state index contributed by atoms with van der Waals surface area (Å²) < 4.78 is 6.51. The highest BCUT2D eigenvalue weighted by atomic mass is 79.9. The number of anilines is 1. The first kappa shape index (κ1) is 18.1. The Kier molecular flexibility index (Phi) is 4.79. The molecule has 0 fully saturated rings. The molecule has 1 aliphatic heterocycles. The third kappa shape index (κ3) is 3.46. The molecule has 2 heterocycles. The molecule has 0 saturated heterocycles. The van der Waals surface area contributed by atoms with Crippen LogP contribution >= 0.6 is 15.9 Å². The molecule has 4 rings (SSSR count). The summed E-state index contributed by atoms with van der Waals surface area (Å²) in [6.07, 6.45) is 2.11. The quantitative estimate of drug-likeness (QED) is 0.432. The summed E-state index contributed by atoms with van der Waals surface area (Å²) in [5, 5.41) is 11.0. The van der Waals surface area contributed by atoms with E-state index in [4.69, 9.17) is 4.74 Å². The minimum Gasteiger partial charge on any atom is -0.438 e. The number of non-ortho nitro benzene ring substituents is 1. The second-order valence-electron chi connectivity index (χ2n) is 6.19. The second-order valence-corrected chi connectivity index (χ2v) is 7.05. The molecule has 2 aromatic carbocycles. The first-order chi connectivity index (χ1) is 13.5. The number of fused-ring (bicyclic) bond motifs is 1. The fourth-order valence-corrected chi connectivity index (χ4v) is 3.42. The van der Waals surface area contributed by atoms with Gasteiger partial charge in [-0.3, -0.25) is 14.9 Å². The minimum absolute atomic E-state index is 0.0336. The van der Waals surface area contributed by atoms with Gasteiger partial charge in [-0.1, -0.05) is 18.2 Å². The van der Waals surface area contributed by atoms with E-state index < -0.39 is 4.92 Å². The van der Waals surface area contributed by atoms with Gasteiger partial charge in [-0.2, -0.15) is 0 Å². The van der Waals surface area contributed by atoms with Crippen molar-refractivity contribution in [1.82, 2.24) is 4.98 Å². The molecular formula is C20H14BrN3O4. The van der Waals surface area contributed by atoms with E-state index >= 15 is 0 Å². The zero-order chi connectivity index (χ0) is 19.7. The second kappa shape index (κ2) is 7.40. The number of pyridine rings is 1. The highest BCUT2D eigenvalue weighted by Gasteiger charge is 2.27. The fraction of sp³-hybridized carbons (Fsp3) is 0.100. The summed E-state index contributed by atoms with van der Waals surface area (Å²) in [7, 11) is 0. The van der Waals surface area contributed by atoms with Gasteiger partial charge in [0.1, 0.15) is 5.75 Å². The van der Waals surface area contributed by atoms with E-state index in [1.54, 1.807) is 29.2 Å². The van der Waals surface area contributed by atoms with Gasteiger partial charge in [0.25, 0.3) is 11.6 Å². The van der Waals surface area contributed by atoms with E-state index in [-0.39, 0.29) is 11.6 Å². The fourth-order valence-electron chi connectivity index (χ4n) is 3.06. The molecule has 0 spiro atoms. The maximum atomic E-state index is 12.9. The number of nitro benzene ring substituents is 1. The van der Waals surface area contributed by atoms with Gasteiger partial charge in [-0.25, -0.2) is 4.98 Å². The van der Waals surface area contributed by atoms with Crippen molar-refractivity contribution in [1.29, 1.82) is 0 Å². The summed E-state index contributed by atoms with van der Waals surface area (Å²) in [5.41, 5.74) is 1.85. The van der Waals surface area contributed by atoms with Crippen molar-refractivity contribution in [3.63, 3.8) is 0 Å². The van der Waals surface area contributed by atoms with Gasteiger partial charge in [-0.15, -0.1) is 0 Å². The Morgan fingerprint density at radius 1 is 1.18 bits per heavy atom. The number of carbonyl (C=O) groups excluding carboxylic acids is 1. The first-order valence-corrected chi connectivity index (χ1v) is 9.30. The van der Waals surface area contributed by atoms with Crippen LogP contribution in [0, 0.1) is 10.1 Å². The van der Waals surface area contributed by atoms with Crippen molar-refractivity contribution in [2.75, 3.05) is 11.4 Å². The predicted molar refractivity (Wildman–Crippen MR) is 107 cm³/mol. The van der Waals surface area contributed by atoms with Crippen LogP contribution in [0.25, 0.3) is 0 Å². The van der Waals surface area contributed by atoms with Gasteiger partial charge in [0.15, 0.2) is 0 Å². The smallest absolute Gasteiger partial charge is 0.271 e. The van der Waals surface area contributed by atoms with Crippen LogP contribution in [0.3, 0.4) is 0 Å². The Bertz CT molecular complexity index is 1070. The molecule has 7 nitrogen and oxygen atoms in total. The first-order valence-electron chi connectivity index (χ1n) is 8.50. The van der Waals surface area contributed by atoms with Gasteiger partial charge >= 0.3 is 0 Å². The number of aromatic nitrogens is 1. The number of halogens is 1. The molecule has 0 unspecified atom stereocenters. The zero-order valence-corrected chi connectivity index (χ0v) is 16.1. The average Bonchev–Trinajstić information content (AvgIpc) is 3.13. The van der Waals surface area contributed by atoms with E-state index in [1.807, 2.05) is 18.2 Å². The lowest BCUT2D eigenvalue weighted by Crippen LogP contribution is -2.29. The predicted octanol–water partition coefficient (Wildman–Crippen LogP) is 4.75. The largest absolute Gasteiger partial charge is 0.438 e. The standard InChI is InChI=1S/C20H14BrN3O4/c21-16-3-1-2-4-18(16)28-19-8-6-14(12-22-19)20(25)23-10-9-13-5-7-15(24(26)27)11-17(13)23/h1-8,11-12H,9-10H2. The number of carbonyl (C=O) groups is 1. The van der Waals surface area contributed by atoms with E-state index in [2.05, 4.69) is 20.9 Å². The Hall–Kier alpha value is -3.26. The van der Waals surface area contributed by atoms with E-state index in [0.717, 1.165) is 10.0 Å². The summed E-state index contributed by atoms with van der Waals surface area (Å²) >= 11 is 3.41. The Morgan fingerprint density at radius 3 is 2.71 bits per heavy atom. The number of para-hydroxylation sites is 1. The van der Waals surface area contributed by atoms with Crippen LogP contribution in [0.5, 0.6) is 11.6 Å². The van der Waals surface area contributed by atoms with Crippen LogP contribution in [-0.4, -0.2) is 22.4 Å². The lowest BCUT2D eigenvalue weighted by molar-refractivity contribution is -0.384. The Balaban J connectivity index is 1.55. The highest BCUT2D eigenvalue weighted by molar-refractivity contribution is 9.10. The summed E-state index contributed by atoms with van der Waals surface area (Å²) in [5.74, 6) is 0.731. The molecule has 8 heteroatoms. The monoisotopic (exact) mass is 439 g/mol. The van der Waals surface area contributed by atoms with Crippen LogP contribution in [0.4, 0.5) is 11.4 Å². The van der Waals surface area contributed by atoms with E-state index in [9.17, 15) is 14.9 Å². The van der Waals surface area contributed by atoms with Crippen LogP contribution in [-0.2, 0) is 6.42 Å². The van der Waals surface area contributed by atoms with Gasteiger partial charge in [-0.05, 0) is 46.1 Å². The third-order valence-electron chi connectivity index (χ3n) is 4.45. The number of nitro groups is 1. The van der Waals surface area contributed by atoms with Crippen molar-refractivity contribution >= 4 is 33.2 Å². The molecule has 1 aromatic heterocycles. The van der Waals surface area contributed by atoms with Crippen molar-refractivity contribution < 1.29 is 14.5 Å². The van der Waals surface area contributed by atoms with Gasteiger partial charge < -0.3 is 9.64 Å². The van der Waals surface area contributed by atoms with Crippen molar-refractivity contribution in [3.05, 3.63) is 86.5 Å². The minimum atomic E-state index is -0.462. The molecule has 0 N–H and O–H groups in total. The number of hydrogen-bond acceptors (Lipinski definition) is 5. The summed E-state index contributed by atoms with van der Waals surface area (Å²) in [6, 6.07) is 15.3. The molecule has 0 radical (unpaired) electrons. The maximum Gasteiger partial charge on any atom is 0.271 e. The summed E-state index contributed by atoms with van der Waals surface area (Å²) in [6.45, 7) is 0.477. The van der Waals surface area contributed by atoms with Gasteiger partial charge in [0, 0.05) is 30.9 Å². The number of nitrogens with zero attached hydrogens (tertiary/aromatic N) is 3. The van der Waals surface area contributed by atoms with E-state index in [0.29, 0.717) is 35.8 Å². The highest BCUT2D eigenvalue weighted by Crippen LogP contribution is 2.33. The lowest BCUT2D eigenvalue weighted by Gasteiger charge is -2.17. The zero-order valence-electron chi connectivity index (χ0n) is 14.5. The molecule has 0 bridgehead atoms.